The van der Waals surface area contributed by atoms with Gasteiger partial charge in [0.15, 0.2) is 5.82 Å². The quantitative estimate of drug-likeness (QED) is 0.385. The van der Waals surface area contributed by atoms with Crippen LogP contribution in [0.4, 0.5) is 26.8 Å². The normalized spacial score (nSPS) is 15.0. The van der Waals surface area contributed by atoms with Crippen LogP contribution in [0, 0.1) is 5.92 Å². The third-order valence-electron chi connectivity index (χ3n) is 8.20. The van der Waals surface area contributed by atoms with Crippen molar-refractivity contribution in [2.45, 2.75) is 47.2 Å². The number of ether oxygens (including phenoxy) is 1. The fourth-order valence-corrected chi connectivity index (χ4v) is 5.65. The number of carbonyl (C=O) groups excluding carboxylic acids is 3. The van der Waals surface area contributed by atoms with Crippen LogP contribution < -0.4 is 15.1 Å². The molecule has 3 aromatic rings. The highest BCUT2D eigenvalue weighted by atomic mass is 16.6. The van der Waals surface area contributed by atoms with E-state index in [0.717, 1.165) is 49.5 Å². The lowest BCUT2D eigenvalue weighted by Gasteiger charge is -2.34. The maximum Gasteiger partial charge on any atom is 0.435 e. The van der Waals surface area contributed by atoms with Crippen molar-refractivity contribution in [3.63, 3.8) is 0 Å². The molecule has 0 saturated carbocycles. The molecule has 1 fully saturated rings. The van der Waals surface area contributed by atoms with E-state index in [1.807, 2.05) is 57.2 Å². The summed E-state index contributed by atoms with van der Waals surface area (Å²) in [5, 5.41) is 7.37. The summed E-state index contributed by atoms with van der Waals surface area (Å²) in [4.78, 5) is 48.4. The first-order valence-electron chi connectivity index (χ1n) is 15.5. The van der Waals surface area contributed by atoms with Gasteiger partial charge < -0.3 is 24.8 Å². The molecule has 234 valence electrons. The molecule has 11 heteroatoms. The summed E-state index contributed by atoms with van der Waals surface area (Å²) in [6, 6.07) is 15.2. The van der Waals surface area contributed by atoms with Crippen LogP contribution in [0.15, 0.2) is 48.5 Å². The van der Waals surface area contributed by atoms with Gasteiger partial charge in [-0.1, -0.05) is 39.0 Å². The molecule has 2 aliphatic heterocycles. The van der Waals surface area contributed by atoms with Gasteiger partial charge in [-0.3, -0.25) is 9.69 Å². The molecule has 0 atom stereocenters. The number of piperazine rings is 1. The molecule has 2 aliphatic rings. The van der Waals surface area contributed by atoms with Crippen molar-refractivity contribution in [3.05, 3.63) is 70.9 Å². The highest BCUT2D eigenvalue weighted by molar-refractivity contribution is 6.04. The Bertz CT molecular complexity index is 1490. The van der Waals surface area contributed by atoms with Crippen molar-refractivity contribution in [3.8, 4) is 0 Å². The number of rotatable bonds is 8. The number of nitrogens with zero attached hydrogens (tertiary/aromatic N) is 6. The predicted octanol–water partition coefficient (Wildman–Crippen LogP) is 5.05. The topological polar surface area (TPSA) is 103 Å². The number of benzene rings is 2. The number of aryl methyl sites for hydroxylation is 1. The lowest BCUT2D eigenvalue weighted by Crippen LogP contribution is -2.44. The minimum atomic E-state index is -0.634. The van der Waals surface area contributed by atoms with Gasteiger partial charge in [-0.05, 0) is 62.2 Å². The van der Waals surface area contributed by atoms with E-state index >= 15 is 0 Å². The molecule has 0 bridgehead atoms. The number of nitrogens with one attached hydrogen (secondary N) is 1. The molecule has 2 aromatic carbocycles. The summed E-state index contributed by atoms with van der Waals surface area (Å²) in [6.07, 6.45) is 0.161. The number of hydrogen-bond donors (Lipinski definition) is 1. The number of likely N-dealkylation sites (N-methyl/N-ethyl adjacent to an activating group) is 1. The molecule has 0 aliphatic carbocycles. The summed E-state index contributed by atoms with van der Waals surface area (Å²) >= 11 is 0. The second-order valence-corrected chi connectivity index (χ2v) is 11.8. The first-order chi connectivity index (χ1) is 21.2. The van der Waals surface area contributed by atoms with Crippen LogP contribution in [0.3, 0.4) is 0 Å². The Labute approximate surface area is 259 Å². The van der Waals surface area contributed by atoms with Crippen molar-refractivity contribution in [2.24, 2.45) is 5.92 Å². The van der Waals surface area contributed by atoms with Gasteiger partial charge in [-0.15, -0.1) is 5.10 Å². The number of hydrogen-bond acceptors (Lipinski definition) is 7. The molecule has 5 rings (SSSR count). The largest absolute Gasteiger partial charge is 0.448 e. The number of aromatic nitrogens is 2. The molecule has 1 aromatic heterocycles. The highest BCUT2D eigenvalue weighted by Gasteiger charge is 2.36. The van der Waals surface area contributed by atoms with Crippen molar-refractivity contribution < 1.29 is 19.1 Å². The molecular formula is C33H43N7O4. The minimum absolute atomic E-state index is 0.144. The first-order valence-corrected chi connectivity index (χ1v) is 15.5. The number of anilines is 3. The van der Waals surface area contributed by atoms with E-state index in [1.165, 1.54) is 4.68 Å². The molecule has 0 spiro atoms. The molecule has 3 amide bonds. The van der Waals surface area contributed by atoms with Crippen molar-refractivity contribution >= 4 is 35.2 Å². The first kappa shape index (κ1) is 31.1. The van der Waals surface area contributed by atoms with E-state index in [1.54, 1.807) is 21.9 Å². The number of fused-ring (bicyclic) bond motifs is 1. The molecule has 1 N–H and O–H groups in total. The number of para-hydroxylation sites is 1. The molecule has 11 nitrogen and oxygen atoms in total. The maximum atomic E-state index is 13.9. The van der Waals surface area contributed by atoms with Crippen LogP contribution in [0.1, 0.15) is 54.9 Å². The van der Waals surface area contributed by atoms with E-state index < -0.39 is 6.09 Å². The summed E-state index contributed by atoms with van der Waals surface area (Å²) in [6.45, 7) is 12.9. The number of amides is 3. The van der Waals surface area contributed by atoms with Crippen LogP contribution in [0.25, 0.3) is 0 Å². The zero-order valence-electron chi connectivity index (χ0n) is 26.4. The average Bonchev–Trinajstić information content (AvgIpc) is 3.61. The SMILES string of the molecule is CCc1ccccc1N(CC)C(=O)N1Cc2c(NC(=O)c3ccc(N4CCN(C)CC4)cc3)nn(C(=O)OCC(C)C)c2C1. The van der Waals surface area contributed by atoms with E-state index in [9.17, 15) is 14.4 Å². The van der Waals surface area contributed by atoms with Gasteiger partial charge in [0.05, 0.1) is 25.4 Å². The summed E-state index contributed by atoms with van der Waals surface area (Å²) in [5.74, 6) is 0.0575. The van der Waals surface area contributed by atoms with Crippen molar-refractivity contribution in [1.29, 1.82) is 0 Å². The van der Waals surface area contributed by atoms with E-state index in [4.69, 9.17) is 4.74 Å². The van der Waals surface area contributed by atoms with Crippen molar-refractivity contribution in [2.75, 3.05) is 61.5 Å². The predicted molar refractivity (Wildman–Crippen MR) is 171 cm³/mol. The Kier molecular flexibility index (Phi) is 9.53. The van der Waals surface area contributed by atoms with Gasteiger partial charge in [0.1, 0.15) is 0 Å². The Hall–Kier alpha value is -4.38. The molecule has 3 heterocycles. The zero-order valence-corrected chi connectivity index (χ0v) is 26.4. The fraction of sp³-hybridized carbons (Fsp3) is 0.455. The molecular weight excluding hydrogens is 558 g/mol. The summed E-state index contributed by atoms with van der Waals surface area (Å²) in [5.41, 5.74) is 4.66. The number of carbonyl (C=O) groups is 3. The van der Waals surface area contributed by atoms with E-state index in [2.05, 4.69) is 34.2 Å². The number of urea groups is 1. The highest BCUT2D eigenvalue weighted by Crippen LogP contribution is 2.32. The molecule has 44 heavy (non-hydrogen) atoms. The van der Waals surface area contributed by atoms with E-state index in [-0.39, 0.29) is 43.4 Å². The monoisotopic (exact) mass is 601 g/mol. The van der Waals surface area contributed by atoms with Gasteiger partial charge in [-0.2, -0.15) is 4.68 Å². The maximum absolute atomic E-state index is 13.9. The summed E-state index contributed by atoms with van der Waals surface area (Å²) in [7, 11) is 2.12. The van der Waals surface area contributed by atoms with Crippen LogP contribution in [0.5, 0.6) is 0 Å². The fourth-order valence-electron chi connectivity index (χ4n) is 5.65. The zero-order chi connectivity index (χ0) is 31.4. The van der Waals surface area contributed by atoms with Crippen LogP contribution >= 0.6 is 0 Å². The van der Waals surface area contributed by atoms with Crippen LogP contribution in [-0.2, 0) is 24.2 Å². The van der Waals surface area contributed by atoms with Gasteiger partial charge in [0.25, 0.3) is 5.91 Å². The Morgan fingerprint density at radius 1 is 0.977 bits per heavy atom. The average molecular weight is 602 g/mol. The van der Waals surface area contributed by atoms with Gasteiger partial charge in [0.2, 0.25) is 0 Å². The smallest absolute Gasteiger partial charge is 0.435 e. The van der Waals surface area contributed by atoms with Crippen LogP contribution in [0.2, 0.25) is 0 Å². The Morgan fingerprint density at radius 3 is 2.34 bits per heavy atom. The molecule has 0 unspecified atom stereocenters. The third kappa shape index (κ3) is 6.57. The lowest BCUT2D eigenvalue weighted by molar-refractivity contribution is 0.102. The summed E-state index contributed by atoms with van der Waals surface area (Å²) < 4.78 is 6.67. The lowest BCUT2D eigenvalue weighted by atomic mass is 10.1. The Morgan fingerprint density at radius 2 is 1.68 bits per heavy atom. The third-order valence-corrected chi connectivity index (χ3v) is 8.20. The van der Waals surface area contributed by atoms with Gasteiger partial charge in [0, 0.05) is 55.2 Å². The van der Waals surface area contributed by atoms with Gasteiger partial charge >= 0.3 is 12.1 Å². The van der Waals surface area contributed by atoms with Crippen molar-refractivity contribution in [1.82, 2.24) is 19.6 Å². The second kappa shape index (κ2) is 13.5. The molecule has 1 saturated heterocycles. The molecule has 0 radical (unpaired) electrons. The standard InChI is InChI=1S/C33H43N7O4/c1-6-24-10-8-9-11-28(24)39(7-2)32(42)38-20-27-29(21-38)40(33(43)44-22-23(3)4)35-30(27)34-31(41)25-12-14-26(15-13-25)37-18-16-36(5)17-19-37/h8-15,23H,6-7,16-22H2,1-5H3,(H,34,35,41). The van der Waals surface area contributed by atoms with E-state index in [0.29, 0.717) is 23.4 Å². The van der Waals surface area contributed by atoms with Crippen LogP contribution in [-0.4, -0.2) is 84.0 Å². The second-order valence-electron chi connectivity index (χ2n) is 11.8. The minimum Gasteiger partial charge on any atom is -0.448 e. The van der Waals surface area contributed by atoms with Gasteiger partial charge in [-0.25, -0.2) is 9.59 Å². The Balaban J connectivity index is 1.37.